The first-order valence-electron chi connectivity index (χ1n) is 11.5. The second kappa shape index (κ2) is 18.0. The normalized spacial score (nSPS) is 13.3. The van der Waals surface area contributed by atoms with Crippen molar-refractivity contribution >= 4 is 29.6 Å². The summed E-state index contributed by atoms with van der Waals surface area (Å²) < 4.78 is 5.97. The molecule has 0 amide bonds. The molecule has 11 nitrogen and oxygen atoms in total. The maximum Gasteiger partial charge on any atom is 0.414 e. The molecule has 0 radical (unpaired) electrons. The Morgan fingerprint density at radius 1 is 0.943 bits per heavy atom. The minimum Gasteiger partial charge on any atom is -0.494 e. The van der Waals surface area contributed by atoms with Crippen LogP contribution in [0.15, 0.2) is 24.3 Å². The number of hydrogen-bond acceptors (Lipinski definition) is 7. The first-order chi connectivity index (χ1) is 16.5. The summed E-state index contributed by atoms with van der Waals surface area (Å²) in [6.45, 7) is 6.99. The molecule has 2 rings (SSSR count). The van der Waals surface area contributed by atoms with E-state index < -0.39 is 23.9 Å². The lowest BCUT2D eigenvalue weighted by Crippen LogP contribution is -2.34. The average Bonchev–Trinajstić information content (AvgIpc) is 2.81. The van der Waals surface area contributed by atoms with Crippen molar-refractivity contribution in [3.63, 3.8) is 0 Å². The maximum atomic E-state index is 9.10. The molecule has 11 heteroatoms. The molecule has 1 aliphatic rings. The van der Waals surface area contributed by atoms with E-state index in [1.54, 1.807) is 0 Å². The lowest BCUT2D eigenvalue weighted by atomic mass is 9.94. The summed E-state index contributed by atoms with van der Waals surface area (Å²) in [5.41, 5.74) is 1.20. The van der Waals surface area contributed by atoms with Gasteiger partial charge >= 0.3 is 23.9 Å². The van der Waals surface area contributed by atoms with Crippen molar-refractivity contribution in [2.45, 2.75) is 45.4 Å². The van der Waals surface area contributed by atoms with E-state index in [-0.39, 0.29) is 0 Å². The molecule has 0 aliphatic carbocycles. The van der Waals surface area contributed by atoms with Gasteiger partial charge in [-0.3, -0.25) is 0 Å². The lowest BCUT2D eigenvalue weighted by molar-refractivity contribution is -0.159. The predicted octanol–water partition coefficient (Wildman–Crippen LogP) is 2.73. The van der Waals surface area contributed by atoms with Crippen molar-refractivity contribution in [2.24, 2.45) is 5.92 Å². The Kier molecular flexibility index (Phi) is 16.3. The summed E-state index contributed by atoms with van der Waals surface area (Å²) in [5.74, 6) is -5.46. The first-order valence-corrected chi connectivity index (χ1v) is 11.5. The van der Waals surface area contributed by atoms with Gasteiger partial charge in [0, 0.05) is 25.8 Å². The summed E-state index contributed by atoms with van der Waals surface area (Å²) in [4.78, 5) is 41.2. The molecule has 0 bridgehead atoms. The molecule has 0 unspecified atom stereocenters. The van der Waals surface area contributed by atoms with E-state index in [9.17, 15) is 0 Å². The monoisotopic (exact) mass is 498 g/mol. The molecule has 1 saturated heterocycles. The van der Waals surface area contributed by atoms with E-state index in [0.29, 0.717) is 0 Å². The third kappa shape index (κ3) is 16.0. The van der Waals surface area contributed by atoms with Gasteiger partial charge in [0.1, 0.15) is 5.75 Å². The van der Waals surface area contributed by atoms with Gasteiger partial charge in [-0.2, -0.15) is 0 Å². The number of benzene rings is 1. The predicted molar refractivity (Wildman–Crippen MR) is 130 cm³/mol. The average molecular weight is 499 g/mol. The number of ether oxygens (including phenoxy) is 1. The molecule has 1 fully saturated rings. The van der Waals surface area contributed by atoms with Crippen LogP contribution in [-0.2, 0) is 19.2 Å². The van der Waals surface area contributed by atoms with Crippen LogP contribution in [0.25, 0.3) is 0 Å². The summed E-state index contributed by atoms with van der Waals surface area (Å²) in [6.07, 6.45) is 7.94. The van der Waals surface area contributed by atoms with Crippen LogP contribution < -0.4 is 9.64 Å². The summed E-state index contributed by atoms with van der Waals surface area (Å²) in [7, 11) is 4.13. The summed E-state index contributed by atoms with van der Waals surface area (Å²) >= 11 is 0. The SMILES string of the molecule is CCCCCN1CCC(CCOc2cccc(N(C)C)c2)CC1.O=C(O)C(=O)O.O=C(O)C(=O)O. The van der Waals surface area contributed by atoms with Gasteiger partial charge in [-0.05, 0) is 63.4 Å². The smallest absolute Gasteiger partial charge is 0.414 e. The minimum absolute atomic E-state index is 0.842. The first kappa shape index (κ1) is 31.7. The number of aliphatic carboxylic acids is 4. The molecule has 1 aromatic rings. The number of anilines is 1. The molecule has 4 N–H and O–H groups in total. The van der Waals surface area contributed by atoms with E-state index >= 15 is 0 Å². The number of carboxylic acid groups (broad SMARTS) is 4. The third-order valence-electron chi connectivity index (χ3n) is 5.28. The molecule has 1 heterocycles. The van der Waals surface area contributed by atoms with Gasteiger partial charge < -0.3 is 35.0 Å². The van der Waals surface area contributed by atoms with Crippen LogP contribution in [0.1, 0.15) is 45.4 Å². The van der Waals surface area contributed by atoms with Gasteiger partial charge in [0.05, 0.1) is 6.61 Å². The zero-order chi connectivity index (χ0) is 26.8. The van der Waals surface area contributed by atoms with Gasteiger partial charge in [0.25, 0.3) is 0 Å². The molecular weight excluding hydrogens is 460 g/mol. The lowest BCUT2D eigenvalue weighted by Gasteiger charge is -2.31. The molecular formula is C24H38N2O9. The molecule has 1 aromatic carbocycles. The Morgan fingerprint density at radius 2 is 1.49 bits per heavy atom. The van der Waals surface area contributed by atoms with Crippen molar-refractivity contribution in [1.29, 1.82) is 0 Å². The fourth-order valence-electron chi connectivity index (χ4n) is 3.28. The highest BCUT2D eigenvalue weighted by Gasteiger charge is 2.18. The van der Waals surface area contributed by atoms with E-state index in [1.807, 2.05) is 0 Å². The Labute approximate surface area is 205 Å². The van der Waals surface area contributed by atoms with Crippen molar-refractivity contribution in [3.05, 3.63) is 24.3 Å². The molecule has 0 aromatic heterocycles. The van der Waals surface area contributed by atoms with Crippen molar-refractivity contribution in [3.8, 4) is 5.75 Å². The quantitative estimate of drug-likeness (QED) is 0.292. The summed E-state index contributed by atoms with van der Waals surface area (Å²) in [6, 6.07) is 8.36. The van der Waals surface area contributed by atoms with Gasteiger partial charge in [0.15, 0.2) is 0 Å². The number of nitrogens with zero attached hydrogens (tertiary/aromatic N) is 2. The number of carbonyl (C=O) groups is 4. The number of hydrogen-bond donors (Lipinski definition) is 4. The van der Waals surface area contributed by atoms with Crippen LogP contribution in [0.3, 0.4) is 0 Å². The number of carboxylic acids is 4. The van der Waals surface area contributed by atoms with Crippen LogP contribution in [0.4, 0.5) is 5.69 Å². The molecule has 35 heavy (non-hydrogen) atoms. The zero-order valence-corrected chi connectivity index (χ0v) is 20.7. The number of rotatable bonds is 9. The van der Waals surface area contributed by atoms with Gasteiger partial charge in [-0.15, -0.1) is 0 Å². The zero-order valence-electron chi connectivity index (χ0n) is 20.7. The Morgan fingerprint density at radius 3 is 1.94 bits per heavy atom. The fourth-order valence-corrected chi connectivity index (χ4v) is 3.28. The van der Waals surface area contributed by atoms with E-state index in [2.05, 4.69) is 55.1 Å². The van der Waals surface area contributed by atoms with Gasteiger partial charge in [-0.25, -0.2) is 19.2 Å². The van der Waals surface area contributed by atoms with Crippen molar-refractivity contribution in [2.75, 3.05) is 45.2 Å². The van der Waals surface area contributed by atoms with Gasteiger partial charge in [0.2, 0.25) is 0 Å². The van der Waals surface area contributed by atoms with E-state index in [4.69, 9.17) is 44.3 Å². The topological polar surface area (TPSA) is 165 Å². The highest BCUT2D eigenvalue weighted by atomic mass is 16.5. The number of likely N-dealkylation sites (tertiary alicyclic amines) is 1. The fraction of sp³-hybridized carbons (Fsp3) is 0.583. The molecule has 0 spiro atoms. The maximum absolute atomic E-state index is 9.10. The highest BCUT2D eigenvalue weighted by Crippen LogP contribution is 2.23. The number of unbranched alkanes of at least 4 members (excludes halogenated alkanes) is 2. The molecule has 0 saturated carbocycles. The number of piperidine rings is 1. The Balaban J connectivity index is 0.000000797. The standard InChI is InChI=1S/C20H34N2O.2C2H2O4/c1-4-5-6-13-22-14-10-18(11-15-22)12-16-23-20-9-7-8-19(17-20)21(2)3;2*3-1(4)2(5)6/h7-9,17-18H,4-6,10-16H2,1-3H3;2*(H,3,4)(H,5,6). The molecule has 0 atom stereocenters. The second-order valence-corrected chi connectivity index (χ2v) is 8.24. The molecule has 198 valence electrons. The van der Waals surface area contributed by atoms with Crippen LogP contribution in [0.5, 0.6) is 5.75 Å². The highest BCUT2D eigenvalue weighted by molar-refractivity contribution is 6.27. The Bertz CT molecular complexity index is 743. The minimum atomic E-state index is -1.82. The van der Waals surface area contributed by atoms with E-state index in [0.717, 1.165) is 18.3 Å². The van der Waals surface area contributed by atoms with Crippen LogP contribution in [0, 0.1) is 5.92 Å². The molecule has 1 aliphatic heterocycles. The van der Waals surface area contributed by atoms with Crippen molar-refractivity contribution < 1.29 is 44.3 Å². The van der Waals surface area contributed by atoms with Crippen molar-refractivity contribution in [1.82, 2.24) is 4.90 Å². The third-order valence-corrected chi connectivity index (χ3v) is 5.28. The van der Waals surface area contributed by atoms with E-state index in [1.165, 1.54) is 63.8 Å². The summed E-state index contributed by atoms with van der Waals surface area (Å²) in [5, 5.41) is 29.6. The van der Waals surface area contributed by atoms with Crippen LogP contribution in [-0.4, -0.2) is 89.5 Å². The van der Waals surface area contributed by atoms with Crippen LogP contribution in [0.2, 0.25) is 0 Å². The Hall–Kier alpha value is -3.34. The second-order valence-electron chi connectivity index (χ2n) is 8.24. The van der Waals surface area contributed by atoms with Gasteiger partial charge in [-0.1, -0.05) is 25.8 Å². The largest absolute Gasteiger partial charge is 0.494 e. The van der Waals surface area contributed by atoms with Crippen LogP contribution >= 0.6 is 0 Å².